The first-order valence-corrected chi connectivity index (χ1v) is 6.64. The molecule has 0 aromatic carbocycles. The molecule has 3 heteroatoms. The molecule has 0 radical (unpaired) electrons. The summed E-state index contributed by atoms with van der Waals surface area (Å²) in [4.78, 5) is 13.0. The molecule has 3 nitrogen and oxygen atoms in total. The SMILES string of the molecule is c1cncc(CCCc2ncnc3c2CCC3)c1. The third-order valence-corrected chi connectivity index (χ3v) is 3.57. The Morgan fingerprint density at radius 3 is 3.00 bits per heavy atom. The zero-order chi connectivity index (χ0) is 12.2. The molecule has 0 spiro atoms. The predicted molar refractivity (Wildman–Crippen MR) is 70.3 cm³/mol. The van der Waals surface area contributed by atoms with Gasteiger partial charge in [-0.2, -0.15) is 0 Å². The van der Waals surface area contributed by atoms with Gasteiger partial charge in [0.1, 0.15) is 6.33 Å². The van der Waals surface area contributed by atoms with E-state index < -0.39 is 0 Å². The number of aromatic nitrogens is 3. The summed E-state index contributed by atoms with van der Waals surface area (Å²) in [6, 6.07) is 4.13. The maximum Gasteiger partial charge on any atom is 0.115 e. The van der Waals surface area contributed by atoms with Crippen molar-refractivity contribution in [3.05, 3.63) is 53.4 Å². The second kappa shape index (κ2) is 5.25. The Balaban J connectivity index is 1.63. The highest BCUT2D eigenvalue weighted by Crippen LogP contribution is 2.22. The van der Waals surface area contributed by atoms with Gasteiger partial charge in [-0.25, -0.2) is 9.97 Å². The van der Waals surface area contributed by atoms with Gasteiger partial charge in [0.25, 0.3) is 0 Å². The summed E-state index contributed by atoms with van der Waals surface area (Å²) in [5.41, 5.74) is 5.27. The Hall–Kier alpha value is -1.77. The Labute approximate surface area is 107 Å². The van der Waals surface area contributed by atoms with Crippen molar-refractivity contribution in [2.24, 2.45) is 0 Å². The van der Waals surface area contributed by atoms with E-state index in [4.69, 9.17) is 0 Å². The molecule has 0 amide bonds. The Bertz CT molecular complexity index is 523. The lowest BCUT2D eigenvalue weighted by atomic mass is 10.0. The van der Waals surface area contributed by atoms with Crippen LogP contribution in [-0.4, -0.2) is 15.0 Å². The quantitative estimate of drug-likeness (QED) is 0.823. The maximum absolute atomic E-state index is 4.45. The number of aryl methyl sites for hydroxylation is 3. The van der Waals surface area contributed by atoms with Gasteiger partial charge in [0.2, 0.25) is 0 Å². The Morgan fingerprint density at radius 2 is 2.11 bits per heavy atom. The first-order chi connectivity index (χ1) is 8.93. The van der Waals surface area contributed by atoms with Gasteiger partial charge in [-0.3, -0.25) is 4.98 Å². The number of nitrogens with zero attached hydrogens (tertiary/aromatic N) is 3. The van der Waals surface area contributed by atoms with E-state index in [0.717, 1.165) is 25.7 Å². The van der Waals surface area contributed by atoms with Crippen LogP contribution in [-0.2, 0) is 25.7 Å². The molecule has 18 heavy (non-hydrogen) atoms. The average Bonchev–Trinajstić information content (AvgIpc) is 2.89. The van der Waals surface area contributed by atoms with Crippen LogP contribution in [0.15, 0.2) is 30.9 Å². The lowest BCUT2D eigenvalue weighted by Crippen LogP contribution is -2.01. The molecule has 0 fully saturated rings. The third kappa shape index (κ3) is 2.40. The molecule has 2 aromatic rings. The molecule has 3 rings (SSSR count). The summed E-state index contributed by atoms with van der Waals surface area (Å²) in [6.45, 7) is 0. The second-order valence-corrected chi connectivity index (χ2v) is 4.81. The topological polar surface area (TPSA) is 38.7 Å². The predicted octanol–water partition coefficient (Wildman–Crippen LogP) is 2.54. The summed E-state index contributed by atoms with van der Waals surface area (Å²) in [5, 5.41) is 0. The largest absolute Gasteiger partial charge is 0.264 e. The standard InChI is InChI=1S/C15H17N3/c1(4-12-5-3-9-16-10-12)7-14-13-6-2-8-15(13)18-11-17-14/h3,5,9-11H,1-2,4,6-8H2. The van der Waals surface area contributed by atoms with Crippen LogP contribution in [0.25, 0.3) is 0 Å². The highest BCUT2D eigenvalue weighted by atomic mass is 14.8. The van der Waals surface area contributed by atoms with Crippen LogP contribution in [0.1, 0.15) is 35.4 Å². The molecule has 1 aliphatic rings. The second-order valence-electron chi connectivity index (χ2n) is 4.81. The average molecular weight is 239 g/mol. The number of fused-ring (bicyclic) bond motifs is 1. The molecular weight excluding hydrogens is 222 g/mol. The van der Waals surface area contributed by atoms with E-state index in [1.54, 1.807) is 6.33 Å². The van der Waals surface area contributed by atoms with Crippen molar-refractivity contribution in [3.8, 4) is 0 Å². The van der Waals surface area contributed by atoms with Crippen LogP contribution in [0.4, 0.5) is 0 Å². The summed E-state index contributed by atoms with van der Waals surface area (Å²) < 4.78 is 0. The molecule has 0 unspecified atom stereocenters. The molecule has 0 saturated heterocycles. The fraction of sp³-hybridized carbons (Fsp3) is 0.400. The zero-order valence-corrected chi connectivity index (χ0v) is 10.5. The van der Waals surface area contributed by atoms with E-state index >= 15 is 0 Å². The first kappa shape index (κ1) is 11.3. The summed E-state index contributed by atoms with van der Waals surface area (Å²) in [5.74, 6) is 0. The minimum absolute atomic E-state index is 1.06. The van der Waals surface area contributed by atoms with E-state index in [-0.39, 0.29) is 0 Å². The van der Waals surface area contributed by atoms with Crippen LogP contribution >= 0.6 is 0 Å². The monoisotopic (exact) mass is 239 g/mol. The van der Waals surface area contributed by atoms with Gasteiger partial charge in [-0.05, 0) is 55.7 Å². The van der Waals surface area contributed by atoms with Gasteiger partial charge in [0, 0.05) is 23.8 Å². The number of hydrogen-bond acceptors (Lipinski definition) is 3. The molecule has 0 bridgehead atoms. The normalized spacial score (nSPS) is 13.6. The first-order valence-electron chi connectivity index (χ1n) is 6.64. The van der Waals surface area contributed by atoms with E-state index in [0.29, 0.717) is 0 Å². The fourth-order valence-electron chi connectivity index (χ4n) is 2.65. The van der Waals surface area contributed by atoms with Gasteiger partial charge < -0.3 is 0 Å². The lowest BCUT2D eigenvalue weighted by Gasteiger charge is -2.06. The Kier molecular flexibility index (Phi) is 3.31. The van der Waals surface area contributed by atoms with E-state index in [1.807, 2.05) is 18.5 Å². The molecule has 0 saturated carbocycles. The van der Waals surface area contributed by atoms with Gasteiger partial charge in [-0.1, -0.05) is 6.07 Å². The van der Waals surface area contributed by atoms with Crippen molar-refractivity contribution in [2.75, 3.05) is 0 Å². The molecular formula is C15H17N3. The van der Waals surface area contributed by atoms with Crippen molar-refractivity contribution in [3.63, 3.8) is 0 Å². The molecule has 0 aliphatic heterocycles. The molecule has 0 atom stereocenters. The van der Waals surface area contributed by atoms with Gasteiger partial charge in [0.15, 0.2) is 0 Å². The minimum Gasteiger partial charge on any atom is -0.264 e. The van der Waals surface area contributed by atoms with Gasteiger partial charge in [0.05, 0.1) is 0 Å². The van der Waals surface area contributed by atoms with Crippen molar-refractivity contribution < 1.29 is 0 Å². The molecule has 0 N–H and O–H groups in total. The van der Waals surface area contributed by atoms with Crippen molar-refractivity contribution in [2.45, 2.75) is 38.5 Å². The summed E-state index contributed by atoms with van der Waals surface area (Å²) in [6.07, 6.45) is 12.3. The number of pyridine rings is 1. The van der Waals surface area contributed by atoms with Crippen molar-refractivity contribution >= 4 is 0 Å². The highest BCUT2D eigenvalue weighted by molar-refractivity contribution is 5.29. The van der Waals surface area contributed by atoms with Crippen LogP contribution in [0.5, 0.6) is 0 Å². The molecule has 92 valence electrons. The number of hydrogen-bond donors (Lipinski definition) is 0. The van der Waals surface area contributed by atoms with Crippen LogP contribution in [0.3, 0.4) is 0 Å². The number of rotatable bonds is 4. The zero-order valence-electron chi connectivity index (χ0n) is 10.5. The van der Waals surface area contributed by atoms with Crippen LogP contribution in [0, 0.1) is 0 Å². The molecule has 2 heterocycles. The Morgan fingerprint density at radius 1 is 1.11 bits per heavy atom. The maximum atomic E-state index is 4.45. The summed E-state index contributed by atoms with van der Waals surface area (Å²) >= 11 is 0. The van der Waals surface area contributed by atoms with Crippen molar-refractivity contribution in [1.29, 1.82) is 0 Å². The van der Waals surface area contributed by atoms with E-state index in [2.05, 4.69) is 21.0 Å². The molecule has 1 aliphatic carbocycles. The third-order valence-electron chi connectivity index (χ3n) is 3.57. The molecule has 2 aromatic heterocycles. The smallest absolute Gasteiger partial charge is 0.115 e. The fourth-order valence-corrected chi connectivity index (χ4v) is 2.65. The summed E-state index contributed by atoms with van der Waals surface area (Å²) in [7, 11) is 0. The van der Waals surface area contributed by atoms with Crippen LogP contribution < -0.4 is 0 Å². The minimum atomic E-state index is 1.06. The van der Waals surface area contributed by atoms with E-state index in [1.165, 1.54) is 35.4 Å². The van der Waals surface area contributed by atoms with Crippen LogP contribution in [0.2, 0.25) is 0 Å². The lowest BCUT2D eigenvalue weighted by molar-refractivity contribution is 0.779. The van der Waals surface area contributed by atoms with Crippen molar-refractivity contribution in [1.82, 2.24) is 15.0 Å². The van der Waals surface area contributed by atoms with E-state index in [9.17, 15) is 0 Å². The van der Waals surface area contributed by atoms with Gasteiger partial charge in [-0.15, -0.1) is 0 Å². The highest BCUT2D eigenvalue weighted by Gasteiger charge is 2.16. The van der Waals surface area contributed by atoms with Gasteiger partial charge >= 0.3 is 0 Å².